The summed E-state index contributed by atoms with van der Waals surface area (Å²) in [6, 6.07) is 10.2. The van der Waals surface area contributed by atoms with Crippen molar-refractivity contribution >= 4 is 33.1 Å². The van der Waals surface area contributed by atoms with Gasteiger partial charge >= 0.3 is 0 Å². The van der Waals surface area contributed by atoms with Crippen molar-refractivity contribution in [3.8, 4) is 0 Å². The van der Waals surface area contributed by atoms with Crippen LogP contribution in [0.3, 0.4) is 0 Å². The number of nitrogens with one attached hydrogen (secondary N) is 1. The first kappa shape index (κ1) is 19.1. The number of benzene rings is 1. The third-order valence-corrected chi connectivity index (χ3v) is 7.58. The molecule has 0 fully saturated rings. The molecule has 1 aliphatic carbocycles. The summed E-state index contributed by atoms with van der Waals surface area (Å²) in [6.45, 7) is 9.13. The fourth-order valence-electron chi connectivity index (χ4n) is 4.03. The Morgan fingerprint density at radius 3 is 2.79 bits per heavy atom. The first-order valence-electron chi connectivity index (χ1n) is 10.1. The van der Waals surface area contributed by atoms with Crippen molar-refractivity contribution in [3.05, 3.63) is 52.7 Å². The zero-order valence-electron chi connectivity index (χ0n) is 17.1. The monoisotopic (exact) mass is 392 g/mol. The summed E-state index contributed by atoms with van der Waals surface area (Å²) >= 11 is 1.83. The van der Waals surface area contributed by atoms with Crippen LogP contribution >= 0.6 is 11.3 Å². The minimum atomic E-state index is 0.358. The van der Waals surface area contributed by atoms with Crippen LogP contribution < -0.4 is 5.43 Å². The smallest absolute Gasteiger partial charge is 0.158 e. The highest BCUT2D eigenvalue weighted by atomic mass is 32.1. The molecule has 1 aromatic carbocycles. The molecule has 0 amide bonds. The van der Waals surface area contributed by atoms with Crippen LogP contribution in [0, 0.1) is 11.3 Å². The molecule has 0 aliphatic heterocycles. The van der Waals surface area contributed by atoms with Gasteiger partial charge in [-0.25, -0.2) is 9.97 Å². The maximum absolute atomic E-state index is 4.61. The number of hydrazone groups is 1. The van der Waals surface area contributed by atoms with E-state index in [0.29, 0.717) is 11.3 Å². The Morgan fingerprint density at radius 2 is 2.04 bits per heavy atom. The largest absolute Gasteiger partial charge is 0.260 e. The normalized spacial score (nSPS) is 17.6. The van der Waals surface area contributed by atoms with E-state index in [1.54, 1.807) is 6.33 Å². The van der Waals surface area contributed by atoms with Crippen molar-refractivity contribution < 1.29 is 0 Å². The van der Waals surface area contributed by atoms with E-state index in [9.17, 15) is 0 Å². The standard InChI is InChI=1S/C23H28N4S/c1-5-23(3,4)17-11-12-19-18(13-17)20-21(24-14-25-22(20)28-19)27-26-15(2)16-9-7-6-8-10-16/h6-10,14,17H,5,11-13H2,1-4H3,(H,24,25,27)/b26-15-/t17-/m1/s1. The van der Waals surface area contributed by atoms with Gasteiger partial charge in [0.2, 0.25) is 0 Å². The van der Waals surface area contributed by atoms with Crippen LogP contribution in [0.15, 0.2) is 41.8 Å². The van der Waals surface area contributed by atoms with Gasteiger partial charge in [-0.2, -0.15) is 5.10 Å². The van der Waals surface area contributed by atoms with Gasteiger partial charge < -0.3 is 0 Å². The maximum Gasteiger partial charge on any atom is 0.158 e. The summed E-state index contributed by atoms with van der Waals surface area (Å²) in [6.07, 6.45) is 6.38. The summed E-state index contributed by atoms with van der Waals surface area (Å²) in [5, 5.41) is 5.78. The molecule has 1 aliphatic rings. The lowest BCUT2D eigenvalue weighted by molar-refractivity contribution is 0.184. The Bertz CT molecular complexity index is 1000. The molecular formula is C23H28N4S. The highest BCUT2D eigenvalue weighted by Crippen LogP contribution is 2.45. The predicted octanol–water partition coefficient (Wildman–Crippen LogP) is 6.07. The molecule has 1 N–H and O–H groups in total. The van der Waals surface area contributed by atoms with Gasteiger partial charge in [-0.05, 0) is 48.6 Å². The second-order valence-corrected chi connectivity index (χ2v) is 9.45. The molecule has 28 heavy (non-hydrogen) atoms. The van der Waals surface area contributed by atoms with Gasteiger partial charge in [-0.1, -0.05) is 57.5 Å². The summed E-state index contributed by atoms with van der Waals surface area (Å²) < 4.78 is 0. The average Bonchev–Trinajstić information content (AvgIpc) is 3.11. The lowest BCUT2D eigenvalue weighted by Crippen LogP contribution is -2.28. The summed E-state index contributed by atoms with van der Waals surface area (Å²) in [7, 11) is 0. The maximum atomic E-state index is 4.61. The van der Waals surface area contributed by atoms with E-state index in [2.05, 4.69) is 53.4 Å². The van der Waals surface area contributed by atoms with E-state index in [4.69, 9.17) is 0 Å². The van der Waals surface area contributed by atoms with Gasteiger partial charge in [0.25, 0.3) is 0 Å². The molecule has 2 heterocycles. The van der Waals surface area contributed by atoms with E-state index in [0.717, 1.165) is 34.8 Å². The molecule has 0 unspecified atom stereocenters. The number of fused-ring (bicyclic) bond motifs is 3. The number of aromatic nitrogens is 2. The van der Waals surface area contributed by atoms with Crippen molar-refractivity contribution in [3.63, 3.8) is 0 Å². The van der Waals surface area contributed by atoms with Gasteiger partial charge in [-0.15, -0.1) is 11.3 Å². The second kappa shape index (κ2) is 7.63. The van der Waals surface area contributed by atoms with Gasteiger partial charge in [0.15, 0.2) is 5.82 Å². The minimum absolute atomic E-state index is 0.358. The molecule has 0 bridgehead atoms. The SMILES string of the molecule is CCC(C)(C)[C@@H]1CCc2sc3ncnc(N/N=C(/C)c4ccccc4)c3c2C1. The number of nitrogens with zero attached hydrogens (tertiary/aromatic N) is 3. The van der Waals surface area contributed by atoms with Gasteiger partial charge in [0.05, 0.1) is 11.1 Å². The third-order valence-electron chi connectivity index (χ3n) is 6.38. The van der Waals surface area contributed by atoms with Crippen LogP contribution in [0.25, 0.3) is 10.2 Å². The minimum Gasteiger partial charge on any atom is -0.260 e. The molecule has 4 rings (SSSR count). The molecule has 1 atom stereocenters. The van der Waals surface area contributed by atoms with Crippen molar-refractivity contribution in [1.82, 2.24) is 9.97 Å². The Balaban J connectivity index is 1.68. The molecule has 2 aromatic heterocycles. The molecule has 0 spiro atoms. The Morgan fingerprint density at radius 1 is 1.25 bits per heavy atom. The van der Waals surface area contributed by atoms with Crippen LogP contribution in [-0.4, -0.2) is 15.7 Å². The van der Waals surface area contributed by atoms with Crippen molar-refractivity contribution in [2.24, 2.45) is 16.4 Å². The highest BCUT2D eigenvalue weighted by Gasteiger charge is 2.33. The summed E-state index contributed by atoms with van der Waals surface area (Å²) in [5.41, 5.74) is 7.08. The van der Waals surface area contributed by atoms with Gasteiger partial charge in [-0.3, -0.25) is 5.43 Å². The molecule has 0 saturated heterocycles. The number of anilines is 1. The average molecular weight is 393 g/mol. The molecule has 0 saturated carbocycles. The van der Waals surface area contributed by atoms with Crippen LogP contribution in [0.4, 0.5) is 5.82 Å². The van der Waals surface area contributed by atoms with E-state index in [-0.39, 0.29) is 0 Å². The zero-order valence-corrected chi connectivity index (χ0v) is 17.9. The zero-order chi connectivity index (χ0) is 19.7. The molecular weight excluding hydrogens is 364 g/mol. The van der Waals surface area contributed by atoms with Crippen LogP contribution in [0.2, 0.25) is 0 Å². The molecule has 5 heteroatoms. The quantitative estimate of drug-likeness (QED) is 0.423. The fraction of sp³-hybridized carbons (Fsp3) is 0.435. The topological polar surface area (TPSA) is 50.2 Å². The Hall–Kier alpha value is -2.27. The van der Waals surface area contributed by atoms with E-state index in [1.807, 2.05) is 36.5 Å². The van der Waals surface area contributed by atoms with E-state index in [1.165, 1.54) is 28.7 Å². The van der Waals surface area contributed by atoms with Crippen molar-refractivity contribution in [2.75, 3.05) is 5.43 Å². The number of hydrogen-bond acceptors (Lipinski definition) is 5. The lowest BCUT2D eigenvalue weighted by Gasteiger charge is -2.36. The van der Waals surface area contributed by atoms with Crippen LogP contribution in [0.1, 0.15) is 56.5 Å². The molecule has 146 valence electrons. The summed E-state index contributed by atoms with van der Waals surface area (Å²) in [4.78, 5) is 11.6. The number of hydrogen-bond donors (Lipinski definition) is 1. The van der Waals surface area contributed by atoms with E-state index < -0.39 is 0 Å². The number of rotatable bonds is 5. The fourth-order valence-corrected chi connectivity index (χ4v) is 5.21. The Kier molecular flexibility index (Phi) is 5.19. The van der Waals surface area contributed by atoms with Gasteiger partial charge in [0.1, 0.15) is 11.2 Å². The highest BCUT2D eigenvalue weighted by molar-refractivity contribution is 7.19. The predicted molar refractivity (Wildman–Crippen MR) is 119 cm³/mol. The lowest BCUT2D eigenvalue weighted by atomic mass is 9.69. The second-order valence-electron chi connectivity index (χ2n) is 8.36. The molecule has 4 nitrogen and oxygen atoms in total. The number of thiophene rings is 1. The van der Waals surface area contributed by atoms with Crippen molar-refractivity contribution in [1.29, 1.82) is 0 Å². The van der Waals surface area contributed by atoms with Crippen LogP contribution in [0.5, 0.6) is 0 Å². The first-order chi connectivity index (χ1) is 13.5. The first-order valence-corrected chi connectivity index (χ1v) is 10.9. The third kappa shape index (κ3) is 3.55. The van der Waals surface area contributed by atoms with Crippen molar-refractivity contribution in [2.45, 2.75) is 53.4 Å². The van der Waals surface area contributed by atoms with E-state index >= 15 is 0 Å². The molecule has 3 aromatic rings. The summed E-state index contributed by atoms with van der Waals surface area (Å²) in [5.74, 6) is 1.53. The van der Waals surface area contributed by atoms with Gasteiger partial charge in [0, 0.05) is 4.88 Å². The Labute approximate surface area is 171 Å². The molecule has 0 radical (unpaired) electrons. The van der Waals surface area contributed by atoms with Crippen LogP contribution in [-0.2, 0) is 12.8 Å². The number of aryl methyl sites for hydroxylation is 1.